The van der Waals surface area contributed by atoms with E-state index in [-0.39, 0.29) is 5.41 Å². The van der Waals surface area contributed by atoms with Crippen molar-refractivity contribution in [1.82, 2.24) is 20.2 Å². The second kappa shape index (κ2) is 5.81. The number of hydrogen-bond acceptors (Lipinski definition) is 5. The molecule has 6 nitrogen and oxygen atoms in total. The van der Waals surface area contributed by atoms with Crippen molar-refractivity contribution in [2.75, 3.05) is 24.5 Å². The van der Waals surface area contributed by atoms with Crippen molar-refractivity contribution in [1.29, 1.82) is 0 Å². The van der Waals surface area contributed by atoms with E-state index in [2.05, 4.69) is 32.0 Å². The summed E-state index contributed by atoms with van der Waals surface area (Å²) in [5, 5.41) is 7.39. The predicted molar refractivity (Wildman–Crippen MR) is 82.0 cm³/mol. The van der Waals surface area contributed by atoms with Crippen LogP contribution in [-0.4, -0.2) is 39.8 Å². The first kappa shape index (κ1) is 14.0. The Kier molecular flexibility index (Phi) is 3.88. The lowest BCUT2D eigenvalue weighted by atomic mass is 9.81. The van der Waals surface area contributed by atoms with Crippen molar-refractivity contribution in [3.8, 4) is 0 Å². The maximum absolute atomic E-state index is 5.85. The molecule has 3 heterocycles. The first-order chi connectivity index (χ1) is 10.2. The number of aromatic nitrogens is 4. The number of nitrogens with two attached hydrogens (primary N) is 1. The number of nitrogens with one attached hydrogen (secondary N) is 1. The summed E-state index contributed by atoms with van der Waals surface area (Å²) >= 11 is 0. The van der Waals surface area contributed by atoms with E-state index in [0.717, 1.165) is 50.7 Å². The second-order valence-corrected chi connectivity index (χ2v) is 6.12. The Bertz CT molecular complexity index is 571. The van der Waals surface area contributed by atoms with E-state index in [1.54, 1.807) is 12.4 Å². The average Bonchev–Trinajstić information content (AvgIpc) is 2.97. The fraction of sp³-hybridized carbons (Fsp3) is 0.533. The Morgan fingerprint density at radius 2 is 2.00 bits per heavy atom. The molecule has 0 radical (unpaired) electrons. The van der Waals surface area contributed by atoms with E-state index < -0.39 is 0 Å². The molecule has 0 bridgehead atoms. The Hall–Kier alpha value is -1.95. The molecule has 0 spiro atoms. The number of anilines is 1. The van der Waals surface area contributed by atoms with Crippen molar-refractivity contribution in [3.05, 3.63) is 35.9 Å². The minimum Gasteiger partial charge on any atom is -0.340 e. The van der Waals surface area contributed by atoms with Crippen molar-refractivity contribution < 1.29 is 0 Å². The molecule has 1 aliphatic heterocycles. The van der Waals surface area contributed by atoms with E-state index in [1.165, 1.54) is 5.56 Å². The fourth-order valence-electron chi connectivity index (χ4n) is 2.65. The molecule has 1 aliphatic rings. The Labute approximate surface area is 124 Å². The number of nitrogens with zero attached hydrogens (tertiary/aromatic N) is 4. The standard InChI is InChI=1S/C15H22N6/c1-15(11-16)4-8-21(9-5-15)14-18-13(19-20-14)10-12-2-6-17-7-3-12/h2-3,6-7H,4-5,8-11,16H2,1H3,(H,18,19,20). The molecule has 3 N–H and O–H groups in total. The summed E-state index contributed by atoms with van der Waals surface area (Å²) in [7, 11) is 0. The summed E-state index contributed by atoms with van der Waals surface area (Å²) in [6, 6.07) is 3.99. The number of rotatable bonds is 4. The second-order valence-electron chi connectivity index (χ2n) is 6.12. The maximum Gasteiger partial charge on any atom is 0.244 e. The molecular weight excluding hydrogens is 264 g/mol. The van der Waals surface area contributed by atoms with E-state index in [1.807, 2.05) is 12.1 Å². The molecule has 0 unspecified atom stereocenters. The van der Waals surface area contributed by atoms with Gasteiger partial charge in [0.05, 0.1) is 0 Å². The van der Waals surface area contributed by atoms with Crippen LogP contribution in [0.4, 0.5) is 5.95 Å². The molecule has 1 fully saturated rings. The molecule has 21 heavy (non-hydrogen) atoms. The smallest absolute Gasteiger partial charge is 0.244 e. The number of H-pyrrole nitrogens is 1. The van der Waals surface area contributed by atoms with Gasteiger partial charge in [-0.2, -0.15) is 4.98 Å². The number of piperidine rings is 1. The highest BCUT2D eigenvalue weighted by Crippen LogP contribution is 2.30. The summed E-state index contributed by atoms with van der Waals surface area (Å²) < 4.78 is 0. The van der Waals surface area contributed by atoms with Gasteiger partial charge < -0.3 is 10.6 Å². The lowest BCUT2D eigenvalue weighted by Gasteiger charge is -2.38. The average molecular weight is 286 g/mol. The van der Waals surface area contributed by atoms with Crippen LogP contribution < -0.4 is 10.6 Å². The number of hydrogen-bond donors (Lipinski definition) is 2. The summed E-state index contributed by atoms with van der Waals surface area (Å²) in [5.41, 5.74) is 7.30. The SMILES string of the molecule is CC1(CN)CCN(c2n[nH]c(Cc3ccncc3)n2)CC1. The van der Waals surface area contributed by atoms with Gasteiger partial charge in [-0.1, -0.05) is 6.92 Å². The van der Waals surface area contributed by atoms with Gasteiger partial charge in [0.2, 0.25) is 5.95 Å². The van der Waals surface area contributed by atoms with Crippen LogP contribution in [0.5, 0.6) is 0 Å². The van der Waals surface area contributed by atoms with Gasteiger partial charge in [0.1, 0.15) is 5.82 Å². The van der Waals surface area contributed by atoms with Crippen molar-refractivity contribution in [2.45, 2.75) is 26.2 Å². The molecule has 2 aromatic heterocycles. The van der Waals surface area contributed by atoms with Crippen molar-refractivity contribution in [3.63, 3.8) is 0 Å². The van der Waals surface area contributed by atoms with Crippen LogP contribution in [0.3, 0.4) is 0 Å². The first-order valence-electron chi connectivity index (χ1n) is 7.44. The van der Waals surface area contributed by atoms with Gasteiger partial charge in [-0.05, 0) is 42.5 Å². The normalized spacial score (nSPS) is 17.9. The third kappa shape index (κ3) is 3.21. The molecule has 3 rings (SSSR count). The van der Waals surface area contributed by atoms with Gasteiger partial charge in [0.15, 0.2) is 0 Å². The zero-order valence-corrected chi connectivity index (χ0v) is 12.4. The molecule has 0 aromatic carbocycles. The molecule has 2 aromatic rings. The minimum atomic E-state index is 0.271. The lowest BCUT2D eigenvalue weighted by Crippen LogP contribution is -2.42. The molecule has 1 saturated heterocycles. The van der Waals surface area contributed by atoms with Crippen LogP contribution in [0.25, 0.3) is 0 Å². The lowest BCUT2D eigenvalue weighted by molar-refractivity contribution is 0.257. The quantitative estimate of drug-likeness (QED) is 0.886. The van der Waals surface area contributed by atoms with E-state index in [9.17, 15) is 0 Å². The van der Waals surface area contributed by atoms with Gasteiger partial charge in [-0.25, -0.2) is 0 Å². The Morgan fingerprint density at radius 3 is 2.67 bits per heavy atom. The predicted octanol–water partition coefficient (Wildman–Crippen LogP) is 1.36. The van der Waals surface area contributed by atoms with Gasteiger partial charge >= 0.3 is 0 Å². The van der Waals surface area contributed by atoms with E-state index in [0.29, 0.717) is 0 Å². The molecule has 0 aliphatic carbocycles. The largest absolute Gasteiger partial charge is 0.340 e. The highest BCUT2D eigenvalue weighted by Gasteiger charge is 2.29. The van der Waals surface area contributed by atoms with E-state index in [4.69, 9.17) is 5.73 Å². The zero-order valence-electron chi connectivity index (χ0n) is 12.4. The van der Waals surface area contributed by atoms with Gasteiger partial charge in [0, 0.05) is 31.9 Å². The highest BCUT2D eigenvalue weighted by molar-refractivity contribution is 5.30. The van der Waals surface area contributed by atoms with Gasteiger partial charge in [0.25, 0.3) is 0 Å². The molecule has 6 heteroatoms. The van der Waals surface area contributed by atoms with Gasteiger partial charge in [-0.15, -0.1) is 5.10 Å². The van der Waals surface area contributed by atoms with Crippen molar-refractivity contribution >= 4 is 5.95 Å². The first-order valence-corrected chi connectivity index (χ1v) is 7.44. The Morgan fingerprint density at radius 1 is 1.29 bits per heavy atom. The fourth-order valence-corrected chi connectivity index (χ4v) is 2.65. The number of aromatic amines is 1. The third-order valence-corrected chi connectivity index (χ3v) is 4.39. The Balaban J connectivity index is 1.63. The summed E-state index contributed by atoms with van der Waals surface area (Å²) in [6.45, 7) is 4.96. The summed E-state index contributed by atoms with van der Waals surface area (Å²) in [4.78, 5) is 10.9. The van der Waals surface area contributed by atoms with Crippen LogP contribution in [-0.2, 0) is 6.42 Å². The maximum atomic E-state index is 5.85. The summed E-state index contributed by atoms with van der Waals surface area (Å²) in [6.07, 6.45) is 6.54. The monoisotopic (exact) mass is 286 g/mol. The molecular formula is C15H22N6. The zero-order chi connectivity index (χ0) is 14.7. The number of pyridine rings is 1. The van der Waals surface area contributed by atoms with Crippen LogP contribution >= 0.6 is 0 Å². The van der Waals surface area contributed by atoms with E-state index >= 15 is 0 Å². The molecule has 0 atom stereocenters. The molecule has 112 valence electrons. The van der Waals surface area contributed by atoms with Crippen LogP contribution in [0, 0.1) is 5.41 Å². The van der Waals surface area contributed by atoms with Crippen LogP contribution in [0.2, 0.25) is 0 Å². The van der Waals surface area contributed by atoms with Crippen LogP contribution in [0.1, 0.15) is 31.2 Å². The molecule has 0 amide bonds. The minimum absolute atomic E-state index is 0.271. The summed E-state index contributed by atoms with van der Waals surface area (Å²) in [5.74, 6) is 1.70. The highest BCUT2D eigenvalue weighted by atomic mass is 15.4. The van der Waals surface area contributed by atoms with Crippen LogP contribution in [0.15, 0.2) is 24.5 Å². The third-order valence-electron chi connectivity index (χ3n) is 4.39. The van der Waals surface area contributed by atoms with Gasteiger partial charge in [-0.3, -0.25) is 10.1 Å². The van der Waals surface area contributed by atoms with Crippen molar-refractivity contribution in [2.24, 2.45) is 11.1 Å². The molecule has 0 saturated carbocycles. The topological polar surface area (TPSA) is 83.7 Å².